The molecule has 0 radical (unpaired) electrons. The minimum Gasteiger partial charge on any atom is -0.379 e. The van der Waals surface area contributed by atoms with Crippen LogP contribution in [0.4, 0.5) is 5.69 Å². The van der Waals surface area contributed by atoms with Gasteiger partial charge < -0.3 is 14.5 Å². The van der Waals surface area contributed by atoms with Gasteiger partial charge in [0.05, 0.1) is 19.1 Å². The number of piperazine rings is 1. The van der Waals surface area contributed by atoms with Crippen LogP contribution in [0.2, 0.25) is 0 Å². The van der Waals surface area contributed by atoms with Crippen LogP contribution in [-0.2, 0) is 19.7 Å². The lowest BCUT2D eigenvalue weighted by molar-refractivity contribution is -0.137. The number of hydrogen-bond donors (Lipinski definition) is 0. The second-order valence-corrected chi connectivity index (χ2v) is 10.7. The molecule has 0 saturated carbocycles. The molecule has 0 spiro atoms. The molecule has 9 heteroatoms. The summed E-state index contributed by atoms with van der Waals surface area (Å²) < 4.78 is 34.3. The summed E-state index contributed by atoms with van der Waals surface area (Å²) in [5.41, 5.74) is 3.81. The summed E-state index contributed by atoms with van der Waals surface area (Å²) in [4.78, 5) is 17.5. The van der Waals surface area contributed by atoms with E-state index < -0.39 is 10.2 Å². The molecule has 0 bridgehead atoms. The Balaban J connectivity index is 1.36. The number of amides is 1. The van der Waals surface area contributed by atoms with Gasteiger partial charge in [0, 0.05) is 58.0 Å². The number of rotatable bonds is 4. The Labute approximate surface area is 185 Å². The van der Waals surface area contributed by atoms with Gasteiger partial charge in [0.1, 0.15) is 0 Å². The number of nitrogens with zero attached hydrogens (tertiary/aromatic N) is 4. The Bertz CT molecular complexity index is 893. The predicted molar refractivity (Wildman–Crippen MR) is 120 cm³/mol. The van der Waals surface area contributed by atoms with Gasteiger partial charge in [-0.3, -0.25) is 4.79 Å². The normalized spacial score (nSPS) is 24.4. The molecule has 8 nitrogen and oxygen atoms in total. The third-order valence-corrected chi connectivity index (χ3v) is 8.87. The molecule has 3 saturated heterocycles. The number of carbonyl (C=O) groups excluding carboxylic acids is 1. The van der Waals surface area contributed by atoms with Crippen molar-refractivity contribution in [1.29, 1.82) is 0 Å². The Morgan fingerprint density at radius 3 is 2.39 bits per heavy atom. The van der Waals surface area contributed by atoms with E-state index in [-0.39, 0.29) is 18.4 Å². The Kier molecular flexibility index (Phi) is 6.86. The van der Waals surface area contributed by atoms with Crippen LogP contribution in [0.15, 0.2) is 18.2 Å². The number of ether oxygens (including phenoxy) is 1. The number of carbonyl (C=O) groups is 1. The van der Waals surface area contributed by atoms with E-state index in [1.54, 1.807) is 0 Å². The summed E-state index contributed by atoms with van der Waals surface area (Å²) in [6.45, 7) is 9.65. The molecule has 1 aromatic carbocycles. The summed E-state index contributed by atoms with van der Waals surface area (Å²) in [5.74, 6) is -0.153. The van der Waals surface area contributed by atoms with Crippen molar-refractivity contribution >= 4 is 21.8 Å². The third-order valence-electron chi connectivity index (χ3n) is 6.86. The fourth-order valence-electron chi connectivity index (χ4n) is 4.80. The summed E-state index contributed by atoms with van der Waals surface area (Å²) in [7, 11) is -3.53. The van der Waals surface area contributed by atoms with Gasteiger partial charge in [-0.2, -0.15) is 17.0 Å². The van der Waals surface area contributed by atoms with Gasteiger partial charge in [-0.05, 0) is 43.9 Å². The molecule has 3 aliphatic rings. The number of morpholine rings is 1. The van der Waals surface area contributed by atoms with Gasteiger partial charge in [-0.25, -0.2) is 0 Å². The van der Waals surface area contributed by atoms with E-state index in [9.17, 15) is 13.2 Å². The quantitative estimate of drug-likeness (QED) is 0.690. The zero-order chi connectivity index (χ0) is 22.0. The third kappa shape index (κ3) is 4.74. The lowest BCUT2D eigenvalue weighted by Gasteiger charge is -2.40. The van der Waals surface area contributed by atoms with E-state index in [2.05, 4.69) is 36.9 Å². The highest BCUT2D eigenvalue weighted by molar-refractivity contribution is 7.86. The van der Waals surface area contributed by atoms with Crippen molar-refractivity contribution in [3.8, 4) is 0 Å². The average molecular weight is 451 g/mol. The van der Waals surface area contributed by atoms with E-state index in [4.69, 9.17) is 4.74 Å². The van der Waals surface area contributed by atoms with Crippen molar-refractivity contribution in [1.82, 2.24) is 13.5 Å². The fraction of sp³-hybridized carbons (Fsp3) is 0.682. The van der Waals surface area contributed by atoms with Crippen molar-refractivity contribution in [2.45, 2.75) is 26.7 Å². The van der Waals surface area contributed by atoms with E-state index in [1.165, 1.54) is 25.4 Å². The van der Waals surface area contributed by atoms with Gasteiger partial charge in [-0.15, -0.1) is 0 Å². The van der Waals surface area contributed by atoms with Gasteiger partial charge in [0.2, 0.25) is 5.91 Å². The van der Waals surface area contributed by atoms with Gasteiger partial charge in [-0.1, -0.05) is 12.1 Å². The van der Waals surface area contributed by atoms with Crippen LogP contribution in [-0.4, -0.2) is 93.4 Å². The molecule has 3 fully saturated rings. The first kappa shape index (κ1) is 22.5. The Morgan fingerprint density at radius 1 is 0.968 bits per heavy atom. The molecule has 1 atom stereocenters. The summed E-state index contributed by atoms with van der Waals surface area (Å²) >= 11 is 0. The SMILES string of the molecule is Cc1cccc(N2CCN(C(=O)C3CCCN(S(=O)(=O)N4CCOCC4)C3)CC2)c1C. The summed E-state index contributed by atoms with van der Waals surface area (Å²) in [6, 6.07) is 6.36. The van der Waals surface area contributed by atoms with E-state index in [0.717, 1.165) is 25.9 Å². The number of benzene rings is 1. The minimum absolute atomic E-state index is 0.0995. The van der Waals surface area contributed by atoms with Crippen LogP contribution in [0.5, 0.6) is 0 Å². The maximum Gasteiger partial charge on any atom is 0.282 e. The lowest BCUT2D eigenvalue weighted by Crippen LogP contribution is -2.55. The lowest BCUT2D eigenvalue weighted by atomic mass is 9.97. The molecule has 1 amide bonds. The summed E-state index contributed by atoms with van der Waals surface area (Å²) in [6.07, 6.45) is 1.48. The zero-order valence-electron chi connectivity index (χ0n) is 18.6. The van der Waals surface area contributed by atoms with Gasteiger partial charge >= 0.3 is 0 Å². The summed E-state index contributed by atoms with van der Waals surface area (Å²) in [5, 5.41) is 0. The van der Waals surface area contributed by atoms with Crippen molar-refractivity contribution < 1.29 is 17.9 Å². The van der Waals surface area contributed by atoms with Crippen LogP contribution in [0.3, 0.4) is 0 Å². The molecule has 0 N–H and O–H groups in total. The number of piperidine rings is 1. The first-order valence-electron chi connectivity index (χ1n) is 11.3. The molecule has 1 aromatic rings. The topological polar surface area (TPSA) is 73.4 Å². The van der Waals surface area contributed by atoms with Crippen LogP contribution in [0.1, 0.15) is 24.0 Å². The van der Waals surface area contributed by atoms with Crippen LogP contribution in [0, 0.1) is 19.8 Å². The standard InChI is InChI=1S/C22H34N4O4S/c1-18-5-3-7-21(19(18)2)23-9-11-24(12-10-23)22(27)20-6-4-8-26(17-20)31(28,29)25-13-15-30-16-14-25/h3,5,7,20H,4,6,8-17H2,1-2H3. The predicted octanol–water partition coefficient (Wildman–Crippen LogP) is 1.24. The maximum atomic E-state index is 13.2. The molecule has 1 unspecified atom stereocenters. The first-order valence-corrected chi connectivity index (χ1v) is 12.7. The van der Waals surface area contributed by atoms with Crippen molar-refractivity contribution in [2.75, 3.05) is 70.5 Å². The molecular formula is C22H34N4O4S. The Hall–Kier alpha value is -1.68. The monoisotopic (exact) mass is 450 g/mol. The van der Waals surface area contributed by atoms with Crippen LogP contribution >= 0.6 is 0 Å². The Morgan fingerprint density at radius 2 is 1.68 bits per heavy atom. The molecule has 0 aliphatic carbocycles. The maximum absolute atomic E-state index is 13.2. The number of aryl methyl sites for hydroxylation is 1. The number of hydrogen-bond acceptors (Lipinski definition) is 5. The van der Waals surface area contributed by atoms with Crippen molar-refractivity contribution in [3.63, 3.8) is 0 Å². The fourth-order valence-corrected chi connectivity index (χ4v) is 6.46. The smallest absolute Gasteiger partial charge is 0.282 e. The zero-order valence-corrected chi connectivity index (χ0v) is 19.4. The minimum atomic E-state index is -3.53. The van der Waals surface area contributed by atoms with Crippen LogP contribution < -0.4 is 4.90 Å². The van der Waals surface area contributed by atoms with E-state index >= 15 is 0 Å². The average Bonchev–Trinajstić information content (AvgIpc) is 2.81. The molecule has 172 valence electrons. The molecule has 0 aromatic heterocycles. The largest absolute Gasteiger partial charge is 0.379 e. The highest BCUT2D eigenvalue weighted by Gasteiger charge is 2.38. The van der Waals surface area contributed by atoms with E-state index in [0.29, 0.717) is 45.9 Å². The van der Waals surface area contributed by atoms with E-state index in [1.807, 2.05) is 4.90 Å². The first-order chi connectivity index (χ1) is 14.9. The molecule has 4 rings (SSSR count). The van der Waals surface area contributed by atoms with Crippen LogP contribution in [0.25, 0.3) is 0 Å². The molecular weight excluding hydrogens is 416 g/mol. The molecule has 3 heterocycles. The van der Waals surface area contributed by atoms with Gasteiger partial charge in [0.15, 0.2) is 0 Å². The van der Waals surface area contributed by atoms with Crippen molar-refractivity contribution in [2.24, 2.45) is 5.92 Å². The second-order valence-electron chi connectivity index (χ2n) is 8.75. The van der Waals surface area contributed by atoms with Crippen molar-refractivity contribution in [3.05, 3.63) is 29.3 Å². The molecule has 31 heavy (non-hydrogen) atoms. The van der Waals surface area contributed by atoms with Gasteiger partial charge in [0.25, 0.3) is 10.2 Å². The highest BCUT2D eigenvalue weighted by atomic mass is 32.2. The number of anilines is 1. The highest BCUT2D eigenvalue weighted by Crippen LogP contribution is 2.26. The molecule has 3 aliphatic heterocycles. The second kappa shape index (κ2) is 9.44.